The van der Waals surface area contributed by atoms with Crippen LogP contribution in [0.2, 0.25) is 0 Å². The van der Waals surface area contributed by atoms with Crippen LogP contribution in [0.4, 0.5) is 23.7 Å². The van der Waals surface area contributed by atoms with Crippen LogP contribution in [0.15, 0.2) is 84.9 Å². The van der Waals surface area contributed by atoms with Crippen LogP contribution in [0, 0.1) is 0 Å². The third-order valence-corrected chi connectivity index (χ3v) is 6.86. The number of hydrogen-bond donors (Lipinski definition) is 0. The number of halogens is 3. The van der Waals surface area contributed by atoms with Gasteiger partial charge in [-0.25, -0.2) is 4.79 Å². The molecule has 3 aromatic carbocycles. The Labute approximate surface area is 214 Å². The summed E-state index contributed by atoms with van der Waals surface area (Å²) in [6, 6.07) is 23.5. The minimum atomic E-state index is -4.51. The second kappa shape index (κ2) is 11.1. The summed E-state index contributed by atoms with van der Waals surface area (Å²) in [6.45, 7) is 2.67. The largest absolute Gasteiger partial charge is 0.445 e. The van der Waals surface area contributed by atoms with Gasteiger partial charge in [0.15, 0.2) is 0 Å². The fraction of sp³-hybridized carbons (Fsp3) is 0.310. The van der Waals surface area contributed by atoms with Crippen molar-refractivity contribution in [2.24, 2.45) is 0 Å². The number of benzene rings is 3. The van der Waals surface area contributed by atoms with Crippen LogP contribution in [0.1, 0.15) is 36.5 Å². The molecule has 194 valence electrons. The summed E-state index contributed by atoms with van der Waals surface area (Å²) in [5, 5.41) is 0. The van der Waals surface area contributed by atoms with Crippen molar-refractivity contribution >= 4 is 17.7 Å². The zero-order chi connectivity index (χ0) is 26.5. The molecule has 0 aromatic heterocycles. The Morgan fingerprint density at radius 2 is 1.54 bits per heavy atom. The van der Waals surface area contributed by atoms with Gasteiger partial charge >= 0.3 is 12.3 Å². The molecule has 1 fully saturated rings. The van der Waals surface area contributed by atoms with Crippen molar-refractivity contribution in [3.63, 3.8) is 0 Å². The standard InChI is InChI=1S/C29H29F3N2O3/c1-2-34(25-15-9-14-24(20-25)29(30,31)32)26(35)28(23-12-7-4-8-13-23)16-18-33(19-17-28)27(36)37-21-22-10-5-3-6-11-22/h3-15,20H,2,16-19,21H2,1H3. The number of likely N-dealkylation sites (tertiary alicyclic amines) is 1. The number of piperidine rings is 1. The number of carbonyl (C=O) groups excluding carboxylic acids is 2. The molecule has 0 spiro atoms. The highest BCUT2D eigenvalue weighted by atomic mass is 19.4. The highest BCUT2D eigenvalue weighted by Crippen LogP contribution is 2.40. The second-order valence-corrected chi connectivity index (χ2v) is 9.07. The lowest BCUT2D eigenvalue weighted by Crippen LogP contribution is -2.54. The summed E-state index contributed by atoms with van der Waals surface area (Å²) in [5.74, 6) is -0.280. The molecule has 3 aromatic rings. The quantitative estimate of drug-likeness (QED) is 0.384. The molecule has 0 unspecified atom stereocenters. The molecule has 1 heterocycles. The van der Waals surface area contributed by atoms with Gasteiger partial charge in [0.2, 0.25) is 5.91 Å². The van der Waals surface area contributed by atoms with E-state index in [-0.39, 0.29) is 37.8 Å². The third-order valence-electron chi connectivity index (χ3n) is 6.86. The number of rotatable bonds is 6. The summed E-state index contributed by atoms with van der Waals surface area (Å²) in [6.07, 6.45) is -4.32. The van der Waals surface area contributed by atoms with Gasteiger partial charge in [0.1, 0.15) is 6.61 Å². The maximum atomic E-state index is 14.1. The van der Waals surface area contributed by atoms with E-state index in [2.05, 4.69) is 0 Å². The van der Waals surface area contributed by atoms with Crippen molar-refractivity contribution < 1.29 is 27.5 Å². The smallest absolute Gasteiger partial charge is 0.416 e. The van der Waals surface area contributed by atoms with Crippen LogP contribution >= 0.6 is 0 Å². The Morgan fingerprint density at radius 1 is 0.919 bits per heavy atom. The highest BCUT2D eigenvalue weighted by molar-refractivity contribution is 6.01. The molecule has 0 bridgehead atoms. The molecular weight excluding hydrogens is 481 g/mol. The maximum absolute atomic E-state index is 14.1. The van der Waals surface area contributed by atoms with E-state index in [4.69, 9.17) is 4.74 Å². The Bertz CT molecular complexity index is 1210. The predicted octanol–water partition coefficient (Wildman–Crippen LogP) is 6.43. The number of amides is 2. The van der Waals surface area contributed by atoms with Gasteiger partial charge in [-0.15, -0.1) is 0 Å². The van der Waals surface area contributed by atoms with Crippen molar-refractivity contribution in [3.05, 3.63) is 102 Å². The lowest BCUT2D eigenvalue weighted by Gasteiger charge is -2.43. The topological polar surface area (TPSA) is 49.9 Å². The molecule has 2 amide bonds. The minimum Gasteiger partial charge on any atom is -0.445 e. The molecule has 0 N–H and O–H groups in total. The molecule has 0 saturated carbocycles. The molecule has 1 saturated heterocycles. The zero-order valence-electron chi connectivity index (χ0n) is 20.6. The van der Waals surface area contributed by atoms with Crippen molar-refractivity contribution in [1.82, 2.24) is 4.90 Å². The summed E-state index contributed by atoms with van der Waals surface area (Å²) in [4.78, 5) is 29.8. The van der Waals surface area contributed by atoms with Crippen molar-refractivity contribution in [2.45, 2.75) is 38.0 Å². The first kappa shape index (κ1) is 26.3. The molecule has 8 heteroatoms. The number of hydrogen-bond acceptors (Lipinski definition) is 3. The summed E-state index contributed by atoms with van der Waals surface area (Å²) < 4.78 is 45.6. The Kier molecular flexibility index (Phi) is 7.86. The van der Waals surface area contributed by atoms with Gasteiger partial charge in [0, 0.05) is 25.3 Å². The van der Waals surface area contributed by atoms with E-state index in [9.17, 15) is 22.8 Å². The third kappa shape index (κ3) is 5.79. The molecular formula is C29H29F3N2O3. The fourth-order valence-electron chi connectivity index (χ4n) is 4.82. The van der Waals surface area contributed by atoms with E-state index in [0.29, 0.717) is 12.8 Å². The van der Waals surface area contributed by atoms with Crippen molar-refractivity contribution in [3.8, 4) is 0 Å². The van der Waals surface area contributed by atoms with E-state index in [1.54, 1.807) is 11.8 Å². The number of ether oxygens (including phenoxy) is 1. The molecule has 0 aliphatic carbocycles. The first-order chi connectivity index (χ1) is 17.7. The van der Waals surface area contributed by atoms with Crippen LogP contribution in [0.3, 0.4) is 0 Å². The highest BCUT2D eigenvalue weighted by Gasteiger charge is 2.46. The number of nitrogens with zero attached hydrogens (tertiary/aromatic N) is 2. The maximum Gasteiger partial charge on any atom is 0.416 e. The SMILES string of the molecule is CCN(C(=O)C1(c2ccccc2)CCN(C(=O)OCc2ccccc2)CC1)c1cccc(C(F)(F)F)c1. The summed E-state index contributed by atoms with van der Waals surface area (Å²) in [7, 11) is 0. The summed E-state index contributed by atoms with van der Waals surface area (Å²) in [5.41, 5.74) is 0.0641. The molecule has 1 aliphatic rings. The number of likely N-dealkylation sites (N-methyl/N-ethyl adjacent to an activating group) is 1. The molecule has 1 aliphatic heterocycles. The van der Waals surface area contributed by atoms with E-state index >= 15 is 0 Å². The monoisotopic (exact) mass is 510 g/mol. The number of alkyl halides is 3. The Balaban J connectivity index is 1.56. The normalized spacial score (nSPS) is 15.2. The van der Waals surface area contributed by atoms with Crippen LogP contribution < -0.4 is 4.90 Å². The molecule has 5 nitrogen and oxygen atoms in total. The van der Waals surface area contributed by atoms with Gasteiger partial charge in [-0.1, -0.05) is 66.7 Å². The van der Waals surface area contributed by atoms with E-state index in [1.807, 2.05) is 60.7 Å². The van der Waals surface area contributed by atoms with Gasteiger partial charge in [-0.3, -0.25) is 4.79 Å². The lowest BCUT2D eigenvalue weighted by atomic mass is 9.71. The average Bonchev–Trinajstić information content (AvgIpc) is 2.93. The zero-order valence-corrected chi connectivity index (χ0v) is 20.6. The second-order valence-electron chi connectivity index (χ2n) is 9.07. The first-order valence-corrected chi connectivity index (χ1v) is 12.2. The number of carbonyl (C=O) groups is 2. The van der Waals surface area contributed by atoms with Crippen LogP contribution in [-0.4, -0.2) is 36.5 Å². The minimum absolute atomic E-state index is 0.151. The fourth-order valence-corrected chi connectivity index (χ4v) is 4.82. The van der Waals surface area contributed by atoms with Crippen LogP contribution in [-0.2, 0) is 27.7 Å². The van der Waals surface area contributed by atoms with Crippen LogP contribution in [0.25, 0.3) is 0 Å². The van der Waals surface area contributed by atoms with Crippen molar-refractivity contribution in [2.75, 3.05) is 24.5 Å². The van der Waals surface area contributed by atoms with Crippen LogP contribution in [0.5, 0.6) is 0 Å². The van der Waals surface area contributed by atoms with Gasteiger partial charge in [0.25, 0.3) is 0 Å². The average molecular weight is 511 g/mol. The Morgan fingerprint density at radius 3 is 2.14 bits per heavy atom. The lowest BCUT2D eigenvalue weighted by molar-refractivity contribution is -0.137. The molecule has 0 atom stereocenters. The van der Waals surface area contributed by atoms with Gasteiger partial charge in [-0.2, -0.15) is 13.2 Å². The summed E-state index contributed by atoms with van der Waals surface area (Å²) >= 11 is 0. The predicted molar refractivity (Wildman–Crippen MR) is 135 cm³/mol. The van der Waals surface area contributed by atoms with E-state index in [0.717, 1.165) is 23.3 Å². The first-order valence-electron chi connectivity index (χ1n) is 12.2. The van der Waals surface area contributed by atoms with Gasteiger partial charge in [-0.05, 0) is 49.1 Å². The molecule has 4 rings (SSSR count). The van der Waals surface area contributed by atoms with E-state index in [1.165, 1.54) is 17.0 Å². The number of anilines is 1. The Hall–Kier alpha value is -3.81. The molecule has 0 radical (unpaired) electrons. The van der Waals surface area contributed by atoms with Gasteiger partial charge in [0.05, 0.1) is 11.0 Å². The van der Waals surface area contributed by atoms with Gasteiger partial charge < -0.3 is 14.5 Å². The van der Waals surface area contributed by atoms with E-state index < -0.39 is 23.2 Å². The molecule has 37 heavy (non-hydrogen) atoms. The van der Waals surface area contributed by atoms with Crippen molar-refractivity contribution in [1.29, 1.82) is 0 Å².